The van der Waals surface area contributed by atoms with Crippen molar-refractivity contribution in [2.45, 2.75) is 58.0 Å². The van der Waals surface area contributed by atoms with Gasteiger partial charge in [0.05, 0.1) is 6.04 Å². The van der Waals surface area contributed by atoms with Crippen LogP contribution in [0.5, 0.6) is 0 Å². The van der Waals surface area contributed by atoms with Crippen molar-refractivity contribution in [3.05, 3.63) is 0 Å². The van der Waals surface area contributed by atoms with E-state index in [1.165, 1.54) is 58.3 Å². The van der Waals surface area contributed by atoms with Gasteiger partial charge >= 0.3 is 0 Å². The second-order valence-electron chi connectivity index (χ2n) is 8.67. The molecule has 0 unspecified atom stereocenters. The topological polar surface area (TPSA) is 30.0 Å². The van der Waals surface area contributed by atoms with E-state index in [1.54, 1.807) is 0 Å². The van der Waals surface area contributed by atoms with Gasteiger partial charge in [-0.3, -0.25) is 14.6 Å². The van der Waals surface area contributed by atoms with Gasteiger partial charge in [0.15, 0.2) is 0 Å². The molecule has 0 aromatic carbocycles. The lowest BCUT2D eigenvalue weighted by Crippen LogP contribution is -2.55. The van der Waals surface area contributed by atoms with Gasteiger partial charge in [-0.1, -0.05) is 13.3 Å². The van der Waals surface area contributed by atoms with Crippen molar-refractivity contribution < 1.29 is 4.79 Å². The number of likely N-dealkylation sites (tertiary alicyclic amines) is 2. The van der Waals surface area contributed by atoms with E-state index >= 15 is 0 Å². The molecule has 0 bridgehead atoms. The number of likely N-dealkylation sites (N-methyl/N-ethyl adjacent to an activating group) is 1. The zero-order valence-corrected chi connectivity index (χ0v) is 16.6. The summed E-state index contributed by atoms with van der Waals surface area (Å²) in [6, 6.07) is 0.675. The average Bonchev–Trinajstić information content (AvgIpc) is 2.88. The van der Waals surface area contributed by atoms with E-state index in [2.05, 4.69) is 40.5 Å². The number of piperidine rings is 1. The lowest BCUT2D eigenvalue weighted by Gasteiger charge is -2.41. The largest absolute Gasteiger partial charge is 0.341 e. The quantitative estimate of drug-likeness (QED) is 0.776. The molecule has 0 N–H and O–H groups in total. The first kappa shape index (κ1) is 19.1. The first-order chi connectivity index (χ1) is 12.0. The Morgan fingerprint density at radius 2 is 1.60 bits per heavy atom. The average molecular weight is 351 g/mol. The summed E-state index contributed by atoms with van der Waals surface area (Å²) in [5.41, 5.74) is 0. The minimum Gasteiger partial charge on any atom is -0.341 e. The summed E-state index contributed by atoms with van der Waals surface area (Å²) in [5, 5.41) is 0. The van der Waals surface area contributed by atoms with E-state index in [4.69, 9.17) is 0 Å². The van der Waals surface area contributed by atoms with E-state index < -0.39 is 0 Å². The Morgan fingerprint density at radius 1 is 0.920 bits per heavy atom. The molecule has 3 heterocycles. The van der Waals surface area contributed by atoms with Gasteiger partial charge in [0.2, 0.25) is 5.91 Å². The SMILES string of the molecule is CC1CCN(C(=O)[C@H](C)N2CCCC[C@H](N3CCN(C)CC3)C2)CC1. The number of piperazine rings is 1. The monoisotopic (exact) mass is 350 g/mol. The molecular weight excluding hydrogens is 312 g/mol. The third kappa shape index (κ3) is 4.95. The second-order valence-corrected chi connectivity index (χ2v) is 8.67. The molecule has 5 heteroatoms. The van der Waals surface area contributed by atoms with Crippen LogP contribution in [0.25, 0.3) is 0 Å². The van der Waals surface area contributed by atoms with Crippen LogP contribution in [0, 0.1) is 5.92 Å². The number of hydrogen-bond acceptors (Lipinski definition) is 4. The fraction of sp³-hybridized carbons (Fsp3) is 0.950. The van der Waals surface area contributed by atoms with E-state index in [9.17, 15) is 4.79 Å². The molecule has 2 atom stereocenters. The molecule has 144 valence electrons. The molecule has 0 aliphatic carbocycles. The van der Waals surface area contributed by atoms with Crippen molar-refractivity contribution in [2.75, 3.05) is 59.4 Å². The van der Waals surface area contributed by atoms with Crippen LogP contribution in [-0.2, 0) is 4.79 Å². The Bertz CT molecular complexity index is 427. The number of nitrogens with zero attached hydrogens (tertiary/aromatic N) is 4. The van der Waals surface area contributed by atoms with Gasteiger partial charge in [-0.05, 0) is 52.1 Å². The molecule has 0 aromatic rings. The third-order valence-electron chi connectivity index (χ3n) is 6.73. The van der Waals surface area contributed by atoms with E-state index in [1.807, 2.05) is 0 Å². The van der Waals surface area contributed by atoms with Gasteiger partial charge in [-0.15, -0.1) is 0 Å². The van der Waals surface area contributed by atoms with Crippen molar-refractivity contribution in [3.63, 3.8) is 0 Å². The standard InChI is InChI=1S/C20H38N4O/c1-17-7-10-23(11-8-17)20(25)18(2)24-9-5-4-6-19(16-24)22-14-12-21(3)13-15-22/h17-19H,4-16H2,1-3H3/t18-,19-/m0/s1. The summed E-state index contributed by atoms with van der Waals surface area (Å²) >= 11 is 0. The van der Waals surface area contributed by atoms with E-state index in [0.29, 0.717) is 11.9 Å². The zero-order chi connectivity index (χ0) is 17.8. The molecule has 0 spiro atoms. The number of amides is 1. The second kappa shape index (κ2) is 8.83. The fourth-order valence-electron chi connectivity index (χ4n) is 4.63. The molecule has 3 saturated heterocycles. The maximum absolute atomic E-state index is 13.0. The van der Waals surface area contributed by atoms with Crippen molar-refractivity contribution in [1.29, 1.82) is 0 Å². The molecule has 1 amide bonds. The lowest BCUT2D eigenvalue weighted by atomic mass is 9.98. The first-order valence-electron chi connectivity index (χ1n) is 10.5. The lowest BCUT2D eigenvalue weighted by molar-refractivity contribution is -0.138. The number of carbonyl (C=O) groups excluding carboxylic acids is 1. The highest BCUT2D eigenvalue weighted by atomic mass is 16.2. The maximum Gasteiger partial charge on any atom is 0.239 e. The molecular formula is C20H38N4O. The predicted octanol–water partition coefficient (Wildman–Crippen LogP) is 1.74. The first-order valence-corrected chi connectivity index (χ1v) is 10.5. The molecule has 25 heavy (non-hydrogen) atoms. The minimum absolute atomic E-state index is 0.0430. The number of hydrogen-bond donors (Lipinski definition) is 0. The molecule has 3 rings (SSSR count). The van der Waals surface area contributed by atoms with Crippen LogP contribution in [-0.4, -0.2) is 97.0 Å². The molecule has 3 aliphatic rings. The van der Waals surface area contributed by atoms with Gasteiger partial charge < -0.3 is 9.80 Å². The molecule has 3 fully saturated rings. The highest BCUT2D eigenvalue weighted by Gasteiger charge is 2.32. The maximum atomic E-state index is 13.0. The van der Waals surface area contributed by atoms with Crippen molar-refractivity contribution in [1.82, 2.24) is 19.6 Å². The molecule has 3 aliphatic heterocycles. The van der Waals surface area contributed by atoms with Crippen molar-refractivity contribution >= 4 is 5.91 Å². The highest BCUT2D eigenvalue weighted by Crippen LogP contribution is 2.22. The van der Waals surface area contributed by atoms with Gasteiger partial charge in [-0.25, -0.2) is 0 Å². The Morgan fingerprint density at radius 3 is 2.28 bits per heavy atom. The van der Waals surface area contributed by atoms with Crippen LogP contribution in [0.4, 0.5) is 0 Å². The highest BCUT2D eigenvalue weighted by molar-refractivity contribution is 5.81. The number of rotatable bonds is 3. The van der Waals surface area contributed by atoms with Crippen LogP contribution < -0.4 is 0 Å². The van der Waals surface area contributed by atoms with Crippen LogP contribution in [0.1, 0.15) is 46.0 Å². The molecule has 0 aromatic heterocycles. The molecule has 0 radical (unpaired) electrons. The fourth-order valence-corrected chi connectivity index (χ4v) is 4.63. The Hall–Kier alpha value is -0.650. The van der Waals surface area contributed by atoms with E-state index in [-0.39, 0.29) is 6.04 Å². The van der Waals surface area contributed by atoms with Gasteiger partial charge in [0, 0.05) is 51.9 Å². The van der Waals surface area contributed by atoms with Crippen LogP contribution in [0.3, 0.4) is 0 Å². The third-order valence-corrected chi connectivity index (χ3v) is 6.73. The summed E-state index contributed by atoms with van der Waals surface area (Å²) in [7, 11) is 2.22. The molecule has 0 saturated carbocycles. The Balaban J connectivity index is 1.57. The summed E-state index contributed by atoms with van der Waals surface area (Å²) in [4.78, 5) is 22.7. The Labute approximate surface area is 154 Å². The van der Waals surface area contributed by atoms with Crippen LogP contribution >= 0.6 is 0 Å². The van der Waals surface area contributed by atoms with E-state index in [0.717, 1.165) is 32.1 Å². The minimum atomic E-state index is 0.0430. The predicted molar refractivity (Wildman–Crippen MR) is 103 cm³/mol. The van der Waals surface area contributed by atoms with Gasteiger partial charge in [-0.2, -0.15) is 0 Å². The van der Waals surface area contributed by atoms with Crippen molar-refractivity contribution in [3.8, 4) is 0 Å². The summed E-state index contributed by atoms with van der Waals surface area (Å²) in [6.45, 7) is 13.2. The van der Waals surface area contributed by atoms with Crippen LogP contribution in [0.2, 0.25) is 0 Å². The number of carbonyl (C=O) groups is 1. The van der Waals surface area contributed by atoms with Gasteiger partial charge in [0.1, 0.15) is 0 Å². The summed E-state index contributed by atoms with van der Waals surface area (Å²) in [6.07, 6.45) is 6.17. The molecule has 5 nitrogen and oxygen atoms in total. The zero-order valence-electron chi connectivity index (χ0n) is 16.6. The summed E-state index contributed by atoms with van der Waals surface area (Å²) in [5.74, 6) is 1.14. The Kier molecular flexibility index (Phi) is 6.75. The van der Waals surface area contributed by atoms with Gasteiger partial charge in [0.25, 0.3) is 0 Å². The van der Waals surface area contributed by atoms with Crippen molar-refractivity contribution in [2.24, 2.45) is 5.92 Å². The normalized spacial score (nSPS) is 30.2. The summed E-state index contributed by atoms with van der Waals surface area (Å²) < 4.78 is 0. The smallest absolute Gasteiger partial charge is 0.239 e. The van der Waals surface area contributed by atoms with Crippen LogP contribution in [0.15, 0.2) is 0 Å².